The van der Waals surface area contributed by atoms with E-state index in [1.54, 1.807) is 24.4 Å². The molecule has 0 saturated carbocycles. The number of thiocarbonyl (C=S) groups is 1. The molecule has 0 radical (unpaired) electrons. The average molecular weight is 491 g/mol. The number of phenolic OH excluding ortho intramolecular Hbond substituents is 1. The van der Waals surface area contributed by atoms with Gasteiger partial charge < -0.3 is 24.6 Å². The predicted molar refractivity (Wildman–Crippen MR) is 138 cm³/mol. The minimum atomic E-state index is -0.298. The van der Waals surface area contributed by atoms with Crippen LogP contribution in [0.2, 0.25) is 5.02 Å². The zero-order valence-electron chi connectivity index (χ0n) is 18.4. The van der Waals surface area contributed by atoms with E-state index in [1.807, 2.05) is 66.6 Å². The van der Waals surface area contributed by atoms with Crippen LogP contribution in [0.25, 0.3) is 5.69 Å². The second-order valence-corrected chi connectivity index (χ2v) is 8.68. The molecule has 3 heterocycles. The Morgan fingerprint density at radius 1 is 1.09 bits per heavy atom. The maximum Gasteiger partial charge on any atom is 0.174 e. The van der Waals surface area contributed by atoms with Gasteiger partial charge in [0, 0.05) is 28.8 Å². The molecule has 0 spiro atoms. The van der Waals surface area contributed by atoms with Gasteiger partial charge in [-0.2, -0.15) is 0 Å². The van der Waals surface area contributed by atoms with Crippen LogP contribution in [-0.4, -0.2) is 26.4 Å². The number of benzene rings is 2. The summed E-state index contributed by atoms with van der Waals surface area (Å²) in [6, 6.07) is 22.2. The Hall–Kier alpha value is -3.55. The van der Waals surface area contributed by atoms with Crippen molar-refractivity contribution in [3.8, 4) is 17.2 Å². The summed E-state index contributed by atoms with van der Waals surface area (Å²) in [4.78, 5) is 6.51. The molecule has 34 heavy (non-hydrogen) atoms. The summed E-state index contributed by atoms with van der Waals surface area (Å²) in [5.41, 5.74) is 3.34. The Balaban J connectivity index is 1.64. The summed E-state index contributed by atoms with van der Waals surface area (Å²) in [6.07, 6.45) is 3.78. The van der Waals surface area contributed by atoms with Crippen molar-refractivity contribution < 1.29 is 9.84 Å². The van der Waals surface area contributed by atoms with Gasteiger partial charge in [0.1, 0.15) is 17.5 Å². The predicted octanol–water partition coefficient (Wildman–Crippen LogP) is 5.81. The van der Waals surface area contributed by atoms with E-state index in [9.17, 15) is 5.11 Å². The first-order valence-corrected chi connectivity index (χ1v) is 11.7. The second kappa shape index (κ2) is 9.37. The number of hydrogen-bond donors (Lipinski definition) is 2. The molecular weight excluding hydrogens is 468 g/mol. The topological polar surface area (TPSA) is 62.5 Å². The molecule has 4 aromatic rings. The van der Waals surface area contributed by atoms with Gasteiger partial charge in [-0.3, -0.25) is 4.98 Å². The lowest BCUT2D eigenvalue weighted by atomic mass is 10.0. The minimum absolute atomic E-state index is 0.0967. The van der Waals surface area contributed by atoms with E-state index in [1.165, 1.54) is 0 Å². The van der Waals surface area contributed by atoms with Gasteiger partial charge in [0.15, 0.2) is 5.11 Å². The first kappa shape index (κ1) is 22.3. The van der Waals surface area contributed by atoms with Crippen LogP contribution in [0, 0.1) is 0 Å². The van der Waals surface area contributed by atoms with Gasteiger partial charge in [0.2, 0.25) is 0 Å². The smallest absolute Gasteiger partial charge is 0.174 e. The maximum absolute atomic E-state index is 10.7. The Labute approximate surface area is 208 Å². The Morgan fingerprint density at radius 3 is 2.65 bits per heavy atom. The standard InChI is InChI=1S/C26H23ClN4O2S/c1-2-33-19-11-9-18(10-12-19)30-15-5-7-21(30)25-24(20-6-3-4-14-28-20)29-26(34)31(25)22-16-17(27)8-13-23(22)32/h3-16,24-25,32H,2H2,1H3,(H,29,34). The van der Waals surface area contributed by atoms with Gasteiger partial charge in [-0.25, -0.2) is 0 Å². The number of aromatic hydroxyl groups is 1. The Bertz CT molecular complexity index is 1310. The zero-order valence-corrected chi connectivity index (χ0v) is 20.0. The molecule has 1 aliphatic heterocycles. The SMILES string of the molecule is CCOc1ccc(-n2cccc2C2C(c3ccccn3)NC(=S)N2c2cc(Cl)ccc2O)cc1. The van der Waals surface area contributed by atoms with E-state index in [2.05, 4.69) is 20.9 Å². The molecule has 1 aliphatic rings. The van der Waals surface area contributed by atoms with Gasteiger partial charge in [-0.15, -0.1) is 0 Å². The molecule has 1 fully saturated rings. The van der Waals surface area contributed by atoms with Crippen LogP contribution in [0.1, 0.15) is 30.4 Å². The molecule has 1 saturated heterocycles. The largest absolute Gasteiger partial charge is 0.506 e. The van der Waals surface area contributed by atoms with Crippen molar-refractivity contribution >= 4 is 34.6 Å². The van der Waals surface area contributed by atoms with Gasteiger partial charge in [0.25, 0.3) is 0 Å². The third-order valence-electron chi connectivity index (χ3n) is 5.80. The quantitative estimate of drug-likeness (QED) is 0.333. The summed E-state index contributed by atoms with van der Waals surface area (Å²) in [5.74, 6) is 0.917. The third kappa shape index (κ3) is 4.08. The minimum Gasteiger partial charge on any atom is -0.506 e. The first-order chi connectivity index (χ1) is 16.6. The lowest BCUT2D eigenvalue weighted by Gasteiger charge is -2.29. The number of pyridine rings is 1. The zero-order chi connectivity index (χ0) is 23.7. The van der Waals surface area contributed by atoms with Crippen molar-refractivity contribution in [1.82, 2.24) is 14.9 Å². The Kier molecular flexibility index (Phi) is 6.13. The van der Waals surface area contributed by atoms with Crippen LogP contribution in [0.5, 0.6) is 11.5 Å². The van der Waals surface area contributed by atoms with Crippen molar-refractivity contribution in [2.24, 2.45) is 0 Å². The molecule has 2 atom stereocenters. The van der Waals surface area contributed by atoms with Crippen molar-refractivity contribution in [1.29, 1.82) is 0 Å². The van der Waals surface area contributed by atoms with E-state index in [-0.39, 0.29) is 17.8 Å². The van der Waals surface area contributed by atoms with Gasteiger partial charge in [0.05, 0.1) is 24.0 Å². The number of nitrogens with zero attached hydrogens (tertiary/aromatic N) is 3. The van der Waals surface area contributed by atoms with Crippen LogP contribution in [0.3, 0.4) is 0 Å². The van der Waals surface area contributed by atoms with Crippen LogP contribution in [0.4, 0.5) is 5.69 Å². The van der Waals surface area contributed by atoms with E-state index < -0.39 is 0 Å². The van der Waals surface area contributed by atoms with Gasteiger partial charge in [-0.1, -0.05) is 17.7 Å². The number of halogens is 1. The monoisotopic (exact) mass is 490 g/mol. The summed E-state index contributed by atoms with van der Waals surface area (Å²) in [7, 11) is 0. The molecule has 5 rings (SSSR count). The highest BCUT2D eigenvalue weighted by atomic mass is 35.5. The van der Waals surface area contributed by atoms with Gasteiger partial charge >= 0.3 is 0 Å². The van der Waals surface area contributed by atoms with Crippen molar-refractivity contribution in [3.05, 3.63) is 102 Å². The molecule has 0 bridgehead atoms. The molecule has 2 aromatic heterocycles. The number of aromatic nitrogens is 2. The van der Waals surface area contributed by atoms with E-state index in [0.717, 1.165) is 22.8 Å². The fourth-order valence-corrected chi connectivity index (χ4v) is 4.85. The molecule has 172 valence electrons. The fraction of sp³-hybridized carbons (Fsp3) is 0.154. The highest BCUT2D eigenvalue weighted by Gasteiger charge is 2.43. The van der Waals surface area contributed by atoms with E-state index in [4.69, 9.17) is 28.6 Å². The number of hydrogen-bond acceptors (Lipinski definition) is 4. The van der Waals surface area contributed by atoms with E-state index >= 15 is 0 Å². The molecule has 2 unspecified atom stereocenters. The number of rotatable bonds is 6. The van der Waals surface area contributed by atoms with Crippen molar-refractivity contribution in [3.63, 3.8) is 0 Å². The third-order valence-corrected chi connectivity index (χ3v) is 6.35. The molecule has 2 N–H and O–H groups in total. The number of phenols is 1. The second-order valence-electron chi connectivity index (χ2n) is 7.86. The molecule has 2 aromatic carbocycles. The lowest BCUT2D eigenvalue weighted by molar-refractivity contribution is 0.340. The van der Waals surface area contributed by atoms with Crippen LogP contribution in [-0.2, 0) is 0 Å². The molecule has 0 aliphatic carbocycles. The van der Waals surface area contributed by atoms with Crippen molar-refractivity contribution in [2.45, 2.75) is 19.0 Å². The Morgan fingerprint density at radius 2 is 1.91 bits per heavy atom. The highest BCUT2D eigenvalue weighted by molar-refractivity contribution is 7.80. The van der Waals surface area contributed by atoms with Crippen LogP contribution < -0.4 is 15.0 Å². The normalized spacial score (nSPS) is 17.6. The highest BCUT2D eigenvalue weighted by Crippen LogP contribution is 2.45. The molecule has 6 nitrogen and oxygen atoms in total. The van der Waals surface area contributed by atoms with Crippen LogP contribution in [0.15, 0.2) is 85.2 Å². The summed E-state index contributed by atoms with van der Waals surface area (Å²) in [5, 5.41) is 15.1. The summed E-state index contributed by atoms with van der Waals surface area (Å²) >= 11 is 12.1. The number of nitrogens with one attached hydrogen (secondary N) is 1. The van der Waals surface area contributed by atoms with Gasteiger partial charge in [-0.05, 0) is 85.9 Å². The number of ether oxygens (including phenoxy) is 1. The van der Waals surface area contributed by atoms with Crippen molar-refractivity contribution in [2.75, 3.05) is 11.5 Å². The first-order valence-electron chi connectivity index (χ1n) is 11.0. The fourth-order valence-electron chi connectivity index (χ4n) is 4.34. The lowest BCUT2D eigenvalue weighted by Crippen LogP contribution is -2.30. The molecule has 0 amide bonds. The maximum atomic E-state index is 10.7. The average Bonchev–Trinajstić information content (AvgIpc) is 3.46. The summed E-state index contributed by atoms with van der Waals surface area (Å²) in [6.45, 7) is 2.58. The van der Waals surface area contributed by atoms with Crippen LogP contribution >= 0.6 is 23.8 Å². The number of anilines is 1. The molecule has 8 heteroatoms. The summed E-state index contributed by atoms with van der Waals surface area (Å²) < 4.78 is 7.71. The molecular formula is C26H23ClN4O2S. The van der Waals surface area contributed by atoms with E-state index in [0.29, 0.717) is 22.4 Å².